The Kier molecular flexibility index (Phi) is 37.1. The van der Waals surface area contributed by atoms with Gasteiger partial charge < -0.3 is 49.3 Å². The van der Waals surface area contributed by atoms with Gasteiger partial charge in [0.2, 0.25) is 37.2 Å². The number of hydrogen-bond acceptors (Lipinski definition) is 15. The summed E-state index contributed by atoms with van der Waals surface area (Å²) in [6, 6.07) is 39.2. The molecule has 0 radical (unpaired) electrons. The SMILES string of the molecule is CCC(C)(C)C(=O)Cl.CN(C(=O)OC(C)(C)C)[C@@H](Cc1ccccc1)C(=O)O.C[C@@H](C(=O)N[C@@H](Cc1ccccc1)C(=O)O)N(C)C(=O)[C@H](Cc1ccccc1)N(C)C(=O)OC(C)(C)C.C[C@@H](C(=O)N[C@@H](Cc1ccccc1)C(=O)O[Si](C)(C)C)N(C)C(=O)[C@H](Cc1ccccc1)N(C)C(=O)OC(C)(C)C. The molecule has 0 unspecified atom stereocenters. The van der Waals surface area contributed by atoms with Crippen molar-refractivity contribution in [3.63, 3.8) is 0 Å². The molecular formula is C80H114ClN7O17Si. The van der Waals surface area contributed by atoms with Gasteiger partial charge in [0, 0.05) is 72.8 Å². The van der Waals surface area contributed by atoms with Gasteiger partial charge in [-0.25, -0.2) is 24.0 Å². The molecule has 0 saturated heterocycles. The molecule has 0 aliphatic heterocycles. The van der Waals surface area contributed by atoms with E-state index in [9.17, 15) is 63.0 Å². The molecular weight excluding hydrogens is 1390 g/mol. The number of carboxylic acids is 2. The van der Waals surface area contributed by atoms with Gasteiger partial charge in [-0.3, -0.25) is 43.5 Å². The van der Waals surface area contributed by atoms with Gasteiger partial charge in [-0.2, -0.15) is 0 Å². The van der Waals surface area contributed by atoms with Crippen LogP contribution in [0.5, 0.6) is 0 Å². The van der Waals surface area contributed by atoms with Gasteiger partial charge in [-0.1, -0.05) is 172 Å². The van der Waals surface area contributed by atoms with E-state index in [0.717, 1.165) is 39.1 Å². The van der Waals surface area contributed by atoms with E-state index in [-0.39, 0.29) is 42.8 Å². The monoisotopic (exact) mass is 1510 g/mol. The van der Waals surface area contributed by atoms with E-state index in [1.807, 2.05) is 168 Å². The van der Waals surface area contributed by atoms with Crippen LogP contribution in [-0.4, -0.2) is 202 Å². The first-order chi connectivity index (χ1) is 49.0. The number of nitrogens with zero attached hydrogens (tertiary/aromatic N) is 5. The summed E-state index contributed by atoms with van der Waals surface area (Å²) in [5.41, 5.74) is 1.68. The molecule has 0 fully saturated rings. The largest absolute Gasteiger partial charge is 0.518 e. The third kappa shape index (κ3) is 34.1. The van der Waals surface area contributed by atoms with Crippen LogP contribution in [-0.2, 0) is 89.1 Å². The molecule has 0 aliphatic carbocycles. The Morgan fingerprint density at radius 2 is 0.660 bits per heavy atom. The number of carbonyl (C=O) groups excluding carboxylic acids is 9. The predicted molar refractivity (Wildman–Crippen MR) is 412 cm³/mol. The van der Waals surface area contributed by atoms with E-state index in [2.05, 4.69) is 10.6 Å². The van der Waals surface area contributed by atoms with Crippen molar-refractivity contribution in [1.29, 1.82) is 0 Å². The second-order valence-electron chi connectivity index (χ2n) is 30.4. The molecule has 106 heavy (non-hydrogen) atoms. The summed E-state index contributed by atoms with van der Waals surface area (Å²) in [4.78, 5) is 144. The Bertz CT molecular complexity index is 3640. The number of carboxylic acid groups (broad SMARTS) is 2. The van der Waals surface area contributed by atoms with Crippen molar-refractivity contribution in [3.05, 3.63) is 179 Å². The molecule has 0 aliphatic rings. The molecule has 0 bridgehead atoms. The molecule has 5 aromatic rings. The third-order valence-corrected chi connectivity index (χ3v) is 17.7. The minimum atomic E-state index is -2.23. The van der Waals surface area contributed by atoms with Crippen molar-refractivity contribution in [2.45, 2.75) is 214 Å². The second-order valence-corrected chi connectivity index (χ2v) is 35.1. The zero-order valence-corrected chi connectivity index (χ0v) is 67.6. The van der Waals surface area contributed by atoms with Crippen LogP contribution in [0.15, 0.2) is 152 Å². The van der Waals surface area contributed by atoms with Crippen LogP contribution >= 0.6 is 11.6 Å². The maximum atomic E-state index is 13.8. The average molecular weight is 1510 g/mol. The summed E-state index contributed by atoms with van der Waals surface area (Å²) >= 11 is 5.23. The van der Waals surface area contributed by atoms with Crippen molar-refractivity contribution in [3.8, 4) is 0 Å². The summed E-state index contributed by atoms with van der Waals surface area (Å²) in [5, 5.41) is 24.0. The molecule has 0 heterocycles. The number of aliphatic carboxylic acids is 2. The van der Waals surface area contributed by atoms with Crippen molar-refractivity contribution >= 4 is 85.0 Å². The van der Waals surface area contributed by atoms with Crippen LogP contribution in [0.3, 0.4) is 0 Å². The zero-order valence-electron chi connectivity index (χ0n) is 65.9. The van der Waals surface area contributed by atoms with E-state index in [1.54, 1.807) is 93.5 Å². The quantitative estimate of drug-likeness (QED) is 0.0216. The normalized spacial score (nSPS) is 13.3. The standard InChI is InChI=1S/C31H45N3O6Si.C28H37N3O6.C15H21NO4.C6H11ClO/c1-22(27(35)32-25(29(37)40-41(7,8)9)20-23-16-12-10-13-17-23)33(5)28(36)26(21-24-18-14-11-15-19-24)34(6)30(38)39-31(2,3)4;1-19(24(32)29-22(26(34)35)17-20-13-9-7-10-14-20)30(5)25(33)23(18-21-15-11-8-12-16-21)31(6)27(36)37-28(2,3)4;1-15(2,3)20-14(19)16(4)12(13(17)18)10-11-8-6-5-7-9-11;1-4-6(2,3)5(7)8/h10-19,22,25-26H,20-21H2,1-9H3,(H,32,35);7-16,19,22-23H,17-18H2,1-6H3,(H,29,32)(H,34,35);5-9,12H,10H2,1-4H3,(H,17,18);4H2,1-3H3/t22-,25-,26-;19-,22-,23-;12-;/m000./s1. The fourth-order valence-electron chi connectivity index (χ4n) is 9.46. The second kappa shape index (κ2) is 42.5. The number of likely N-dealkylation sites (N-methyl/N-ethyl adjacent to an activating group) is 5. The van der Waals surface area contributed by atoms with E-state index in [4.69, 9.17) is 30.2 Å². The number of hydrogen-bond donors (Lipinski definition) is 4. The molecule has 5 aromatic carbocycles. The maximum absolute atomic E-state index is 13.8. The zero-order chi connectivity index (χ0) is 80.8. The summed E-state index contributed by atoms with van der Waals surface area (Å²) < 4.78 is 21.9. The van der Waals surface area contributed by atoms with Gasteiger partial charge in [-0.15, -0.1) is 0 Å². The van der Waals surface area contributed by atoms with Gasteiger partial charge in [0.15, 0.2) is 0 Å². The summed E-state index contributed by atoms with van der Waals surface area (Å²) in [5.74, 6) is -4.77. The van der Waals surface area contributed by atoms with Crippen molar-refractivity contribution in [2.24, 2.45) is 5.41 Å². The number of nitrogens with one attached hydrogen (secondary N) is 2. The number of halogens is 1. The molecule has 0 aromatic heterocycles. The number of ether oxygens (including phenoxy) is 3. The molecule has 24 nitrogen and oxygen atoms in total. The molecule has 0 saturated carbocycles. The van der Waals surface area contributed by atoms with E-state index >= 15 is 0 Å². The highest BCUT2D eigenvalue weighted by Crippen LogP contribution is 2.24. The maximum Gasteiger partial charge on any atom is 0.410 e. The topological polar surface area (TPSA) is 305 Å². The highest BCUT2D eigenvalue weighted by Gasteiger charge is 2.39. The fourth-order valence-corrected chi connectivity index (χ4v) is 10.3. The first kappa shape index (κ1) is 92.5. The summed E-state index contributed by atoms with van der Waals surface area (Å²) in [6.07, 6.45) is -0.118. The van der Waals surface area contributed by atoms with Crippen LogP contribution in [0.1, 0.15) is 131 Å². The Morgan fingerprint density at radius 1 is 0.406 bits per heavy atom. The highest BCUT2D eigenvalue weighted by atomic mass is 35.5. The molecule has 0 spiro atoms. The highest BCUT2D eigenvalue weighted by molar-refractivity contribution is 6.71. The third-order valence-electron chi connectivity index (χ3n) is 16.3. The lowest BCUT2D eigenvalue weighted by Gasteiger charge is -2.34. The molecule has 5 rings (SSSR count). The first-order valence-corrected chi connectivity index (χ1v) is 38.9. The fraction of sp³-hybridized carbons (Fsp3) is 0.487. The van der Waals surface area contributed by atoms with Crippen molar-refractivity contribution in [2.75, 3.05) is 35.2 Å². The van der Waals surface area contributed by atoms with Gasteiger partial charge in [0.1, 0.15) is 59.1 Å². The van der Waals surface area contributed by atoms with Gasteiger partial charge in [0.05, 0.1) is 0 Å². The van der Waals surface area contributed by atoms with Gasteiger partial charge in [-0.05, 0) is 142 Å². The van der Waals surface area contributed by atoms with Crippen LogP contribution in [0.25, 0.3) is 0 Å². The molecule has 4 N–H and O–H groups in total. The minimum absolute atomic E-state index is 0.101. The Balaban J connectivity index is 0.000000535. The van der Waals surface area contributed by atoms with Crippen LogP contribution in [0, 0.1) is 5.41 Å². The molecule has 26 heteroatoms. The van der Waals surface area contributed by atoms with Crippen LogP contribution in [0.2, 0.25) is 19.6 Å². The minimum Gasteiger partial charge on any atom is -0.518 e. The van der Waals surface area contributed by atoms with Crippen molar-refractivity contribution < 1.29 is 81.6 Å². The van der Waals surface area contributed by atoms with Crippen LogP contribution in [0.4, 0.5) is 14.4 Å². The van der Waals surface area contributed by atoms with Crippen molar-refractivity contribution in [1.82, 2.24) is 35.1 Å². The Morgan fingerprint density at radius 3 is 0.896 bits per heavy atom. The molecule has 7 atom stereocenters. The lowest BCUT2D eigenvalue weighted by Crippen LogP contribution is -2.57. The lowest BCUT2D eigenvalue weighted by molar-refractivity contribution is -0.145. The number of amides is 7. The molecule has 7 amide bonds. The first-order valence-electron chi connectivity index (χ1n) is 35.1. The number of rotatable bonds is 27. The number of carbonyl (C=O) groups is 11. The Hall–Kier alpha value is -9.62. The predicted octanol–water partition coefficient (Wildman–Crippen LogP) is 12.3. The van der Waals surface area contributed by atoms with Crippen LogP contribution < -0.4 is 10.6 Å². The van der Waals surface area contributed by atoms with E-state index in [0.29, 0.717) is 0 Å². The Labute approximate surface area is 632 Å². The lowest BCUT2D eigenvalue weighted by atomic mass is 9.92. The molecule has 582 valence electrons. The average Bonchev–Trinajstić information content (AvgIpc) is 0.828. The van der Waals surface area contributed by atoms with E-state index < -0.39 is 127 Å². The number of benzene rings is 5. The van der Waals surface area contributed by atoms with E-state index in [1.165, 1.54) is 61.8 Å². The summed E-state index contributed by atoms with van der Waals surface area (Å²) in [6.45, 7) is 30.1. The van der Waals surface area contributed by atoms with Gasteiger partial charge in [0.25, 0.3) is 0 Å². The summed E-state index contributed by atoms with van der Waals surface area (Å²) in [7, 11) is 5.19. The smallest absolute Gasteiger partial charge is 0.410 e. The van der Waals surface area contributed by atoms with Gasteiger partial charge >= 0.3 is 36.2 Å².